The van der Waals surface area contributed by atoms with Crippen LogP contribution in [-0.2, 0) is 11.2 Å². The maximum absolute atomic E-state index is 10.5. The van der Waals surface area contributed by atoms with Crippen LogP contribution in [0.5, 0.6) is 0 Å². The second-order valence-electron chi connectivity index (χ2n) is 3.41. The fraction of sp³-hybridized carbons (Fsp3) is 0.182. The number of aliphatic carboxylic acids is 1. The van der Waals surface area contributed by atoms with E-state index < -0.39 is 5.97 Å². The number of aromatic nitrogens is 3. The van der Waals surface area contributed by atoms with Gasteiger partial charge in [-0.05, 0) is 24.1 Å². The van der Waals surface area contributed by atoms with Gasteiger partial charge in [0.05, 0.1) is 18.1 Å². The fourth-order valence-electron chi connectivity index (χ4n) is 1.45. The number of carboxylic acids is 1. The number of carbonyl (C=O) groups is 1. The zero-order valence-corrected chi connectivity index (χ0v) is 8.58. The molecule has 0 spiro atoms. The van der Waals surface area contributed by atoms with Crippen LogP contribution in [-0.4, -0.2) is 26.1 Å². The van der Waals surface area contributed by atoms with Crippen LogP contribution in [0.15, 0.2) is 36.7 Å². The van der Waals surface area contributed by atoms with Gasteiger partial charge in [-0.2, -0.15) is 0 Å². The van der Waals surface area contributed by atoms with Gasteiger partial charge in [0, 0.05) is 6.42 Å². The summed E-state index contributed by atoms with van der Waals surface area (Å²) in [6.07, 6.45) is 4.01. The third kappa shape index (κ3) is 2.44. The first-order valence-corrected chi connectivity index (χ1v) is 4.93. The van der Waals surface area contributed by atoms with Gasteiger partial charge in [0.2, 0.25) is 0 Å². The van der Waals surface area contributed by atoms with Crippen molar-refractivity contribution in [3.05, 3.63) is 42.2 Å². The SMILES string of the molecule is O=C(O)CCc1cccc(-n2ccnn2)c1. The lowest BCUT2D eigenvalue weighted by Gasteiger charge is -2.03. The van der Waals surface area contributed by atoms with Gasteiger partial charge in [-0.25, -0.2) is 4.68 Å². The molecule has 1 aromatic carbocycles. The van der Waals surface area contributed by atoms with Gasteiger partial charge >= 0.3 is 5.97 Å². The van der Waals surface area contributed by atoms with Crippen LogP contribution in [0.1, 0.15) is 12.0 Å². The molecule has 0 aliphatic carbocycles. The average molecular weight is 217 g/mol. The fourth-order valence-corrected chi connectivity index (χ4v) is 1.45. The minimum Gasteiger partial charge on any atom is -0.481 e. The first-order valence-electron chi connectivity index (χ1n) is 4.93. The molecule has 16 heavy (non-hydrogen) atoms. The van der Waals surface area contributed by atoms with Crippen LogP contribution in [0.25, 0.3) is 5.69 Å². The van der Waals surface area contributed by atoms with E-state index in [9.17, 15) is 4.79 Å². The molecule has 5 nitrogen and oxygen atoms in total. The van der Waals surface area contributed by atoms with E-state index in [-0.39, 0.29) is 6.42 Å². The lowest BCUT2D eigenvalue weighted by molar-refractivity contribution is -0.136. The van der Waals surface area contributed by atoms with Crippen LogP contribution < -0.4 is 0 Å². The molecule has 0 saturated heterocycles. The number of rotatable bonds is 4. The first kappa shape index (κ1) is 10.4. The van der Waals surface area contributed by atoms with Crippen molar-refractivity contribution in [2.45, 2.75) is 12.8 Å². The Morgan fingerprint density at radius 2 is 2.31 bits per heavy atom. The molecule has 0 amide bonds. The quantitative estimate of drug-likeness (QED) is 0.837. The molecule has 0 unspecified atom stereocenters. The van der Waals surface area contributed by atoms with Crippen molar-refractivity contribution in [1.29, 1.82) is 0 Å². The predicted molar refractivity (Wildman–Crippen MR) is 57.3 cm³/mol. The molecular formula is C11H11N3O2. The summed E-state index contributed by atoms with van der Waals surface area (Å²) < 4.78 is 1.64. The second-order valence-corrected chi connectivity index (χ2v) is 3.41. The number of carboxylic acid groups (broad SMARTS) is 1. The number of hydrogen-bond donors (Lipinski definition) is 1. The maximum atomic E-state index is 10.5. The van der Waals surface area contributed by atoms with Gasteiger partial charge in [-0.15, -0.1) is 5.10 Å². The molecule has 0 aliphatic rings. The minimum absolute atomic E-state index is 0.140. The van der Waals surface area contributed by atoms with Gasteiger partial charge in [0.25, 0.3) is 0 Å². The number of aryl methyl sites for hydroxylation is 1. The Kier molecular flexibility index (Phi) is 2.95. The lowest BCUT2D eigenvalue weighted by Crippen LogP contribution is -1.99. The van der Waals surface area contributed by atoms with Crippen LogP contribution in [0.3, 0.4) is 0 Å². The monoisotopic (exact) mass is 217 g/mol. The Labute approximate surface area is 92.3 Å². The predicted octanol–water partition coefficient (Wildman–Crippen LogP) is 1.28. The van der Waals surface area contributed by atoms with E-state index in [4.69, 9.17) is 5.11 Å². The second kappa shape index (κ2) is 4.57. The average Bonchev–Trinajstić information content (AvgIpc) is 2.80. The highest BCUT2D eigenvalue weighted by Gasteiger charge is 2.01. The summed E-state index contributed by atoms with van der Waals surface area (Å²) in [5.41, 5.74) is 1.87. The van der Waals surface area contributed by atoms with E-state index in [0.717, 1.165) is 11.3 Å². The zero-order chi connectivity index (χ0) is 11.4. The van der Waals surface area contributed by atoms with E-state index in [0.29, 0.717) is 6.42 Å². The van der Waals surface area contributed by atoms with Gasteiger partial charge in [-0.1, -0.05) is 17.3 Å². The summed E-state index contributed by atoms with van der Waals surface area (Å²) in [5.74, 6) is -0.786. The van der Waals surface area contributed by atoms with Crippen molar-refractivity contribution in [2.75, 3.05) is 0 Å². The van der Waals surface area contributed by atoms with Crippen molar-refractivity contribution in [3.63, 3.8) is 0 Å². The molecule has 0 aliphatic heterocycles. The summed E-state index contributed by atoms with van der Waals surface area (Å²) in [7, 11) is 0. The van der Waals surface area contributed by atoms with E-state index in [2.05, 4.69) is 10.3 Å². The Morgan fingerprint density at radius 3 is 3.00 bits per heavy atom. The van der Waals surface area contributed by atoms with Crippen LogP contribution in [0.4, 0.5) is 0 Å². The topological polar surface area (TPSA) is 68.0 Å². The number of nitrogens with zero attached hydrogens (tertiary/aromatic N) is 3. The summed E-state index contributed by atoms with van der Waals surface area (Å²) in [6.45, 7) is 0. The molecule has 2 rings (SSSR count). The van der Waals surface area contributed by atoms with Gasteiger partial charge in [0.1, 0.15) is 0 Å². The number of benzene rings is 1. The smallest absolute Gasteiger partial charge is 0.303 e. The third-order valence-corrected chi connectivity index (χ3v) is 2.23. The Hall–Kier alpha value is -2.17. The zero-order valence-electron chi connectivity index (χ0n) is 8.58. The number of hydrogen-bond acceptors (Lipinski definition) is 3. The molecule has 0 atom stereocenters. The molecule has 0 saturated carbocycles. The largest absolute Gasteiger partial charge is 0.481 e. The molecule has 0 bridgehead atoms. The molecule has 2 aromatic rings. The molecule has 1 heterocycles. The molecule has 1 aromatic heterocycles. The maximum Gasteiger partial charge on any atom is 0.303 e. The van der Waals surface area contributed by atoms with Crippen LogP contribution in [0.2, 0.25) is 0 Å². The third-order valence-electron chi connectivity index (χ3n) is 2.23. The lowest BCUT2D eigenvalue weighted by atomic mass is 10.1. The highest BCUT2D eigenvalue weighted by molar-refractivity contribution is 5.67. The van der Waals surface area contributed by atoms with E-state index in [1.54, 1.807) is 17.1 Å². The standard InChI is InChI=1S/C11H11N3O2/c15-11(16)5-4-9-2-1-3-10(8-9)14-7-6-12-13-14/h1-3,6-8H,4-5H2,(H,15,16). The van der Waals surface area contributed by atoms with Crippen molar-refractivity contribution >= 4 is 5.97 Å². The van der Waals surface area contributed by atoms with Crippen molar-refractivity contribution < 1.29 is 9.90 Å². The highest BCUT2D eigenvalue weighted by atomic mass is 16.4. The van der Waals surface area contributed by atoms with Gasteiger partial charge < -0.3 is 5.11 Å². The minimum atomic E-state index is -0.786. The summed E-state index contributed by atoms with van der Waals surface area (Å²) in [4.78, 5) is 10.5. The molecular weight excluding hydrogens is 206 g/mol. The first-order chi connectivity index (χ1) is 7.75. The molecule has 82 valence electrons. The van der Waals surface area contributed by atoms with E-state index >= 15 is 0 Å². The Morgan fingerprint density at radius 1 is 1.44 bits per heavy atom. The molecule has 0 fully saturated rings. The van der Waals surface area contributed by atoms with E-state index in [1.165, 1.54) is 0 Å². The van der Waals surface area contributed by atoms with Crippen molar-refractivity contribution in [3.8, 4) is 5.69 Å². The summed E-state index contributed by atoms with van der Waals surface area (Å²) in [5, 5.41) is 16.2. The molecule has 5 heteroatoms. The summed E-state index contributed by atoms with van der Waals surface area (Å²) in [6, 6.07) is 7.61. The van der Waals surface area contributed by atoms with Crippen LogP contribution >= 0.6 is 0 Å². The van der Waals surface area contributed by atoms with Crippen molar-refractivity contribution in [2.24, 2.45) is 0 Å². The summed E-state index contributed by atoms with van der Waals surface area (Å²) >= 11 is 0. The van der Waals surface area contributed by atoms with Gasteiger partial charge in [-0.3, -0.25) is 4.79 Å². The normalized spacial score (nSPS) is 10.2. The van der Waals surface area contributed by atoms with Crippen molar-refractivity contribution in [1.82, 2.24) is 15.0 Å². The van der Waals surface area contributed by atoms with Gasteiger partial charge in [0.15, 0.2) is 0 Å². The molecule has 0 radical (unpaired) electrons. The van der Waals surface area contributed by atoms with Crippen LogP contribution in [0, 0.1) is 0 Å². The van der Waals surface area contributed by atoms with E-state index in [1.807, 2.05) is 24.3 Å². The Bertz CT molecular complexity index is 480. The molecule has 1 N–H and O–H groups in total. The highest BCUT2D eigenvalue weighted by Crippen LogP contribution is 2.10. The Balaban J connectivity index is 2.17.